The van der Waals surface area contributed by atoms with E-state index in [1.807, 2.05) is 5.38 Å². The molecule has 0 spiro atoms. The summed E-state index contributed by atoms with van der Waals surface area (Å²) < 4.78 is 6.15. The molecule has 1 aliphatic heterocycles. The maximum atomic E-state index is 5.74. The SMILES string of the molecule is CC(Nc1csc(Cl)n1)C1CCCO1. The first-order valence-electron chi connectivity index (χ1n) is 4.75. The Morgan fingerprint density at radius 2 is 2.64 bits per heavy atom. The van der Waals surface area contributed by atoms with Gasteiger partial charge in [0, 0.05) is 12.0 Å². The lowest BCUT2D eigenvalue weighted by molar-refractivity contribution is 0.0996. The van der Waals surface area contributed by atoms with Crippen molar-refractivity contribution in [3.63, 3.8) is 0 Å². The highest BCUT2D eigenvalue weighted by Crippen LogP contribution is 2.22. The average molecular weight is 233 g/mol. The number of thiazole rings is 1. The fraction of sp³-hybridized carbons (Fsp3) is 0.667. The van der Waals surface area contributed by atoms with Gasteiger partial charge in [0.25, 0.3) is 0 Å². The zero-order valence-electron chi connectivity index (χ0n) is 8.00. The molecule has 0 radical (unpaired) electrons. The Balaban J connectivity index is 1.90. The molecular weight excluding hydrogens is 220 g/mol. The largest absolute Gasteiger partial charge is 0.376 e. The molecule has 0 saturated carbocycles. The molecule has 78 valence electrons. The van der Waals surface area contributed by atoms with Crippen LogP contribution < -0.4 is 5.32 Å². The molecule has 2 rings (SSSR count). The molecule has 14 heavy (non-hydrogen) atoms. The van der Waals surface area contributed by atoms with Gasteiger partial charge in [-0.2, -0.15) is 0 Å². The summed E-state index contributed by atoms with van der Waals surface area (Å²) in [6.45, 7) is 3.00. The second kappa shape index (κ2) is 4.47. The molecule has 2 unspecified atom stereocenters. The molecule has 1 aromatic heterocycles. The second-order valence-corrected chi connectivity index (χ2v) is 4.91. The monoisotopic (exact) mass is 232 g/mol. The number of hydrogen-bond acceptors (Lipinski definition) is 4. The Morgan fingerprint density at radius 1 is 1.79 bits per heavy atom. The van der Waals surface area contributed by atoms with Crippen molar-refractivity contribution in [2.45, 2.75) is 31.9 Å². The zero-order chi connectivity index (χ0) is 9.97. The highest BCUT2D eigenvalue weighted by atomic mass is 35.5. The molecule has 2 atom stereocenters. The third-order valence-electron chi connectivity index (χ3n) is 2.37. The van der Waals surface area contributed by atoms with Gasteiger partial charge in [-0.15, -0.1) is 11.3 Å². The molecule has 2 heterocycles. The summed E-state index contributed by atoms with van der Waals surface area (Å²) >= 11 is 7.18. The Kier molecular flexibility index (Phi) is 3.26. The Morgan fingerprint density at radius 3 is 3.21 bits per heavy atom. The number of anilines is 1. The molecule has 0 bridgehead atoms. The summed E-state index contributed by atoms with van der Waals surface area (Å²) in [5.41, 5.74) is 0. The number of aromatic nitrogens is 1. The van der Waals surface area contributed by atoms with Gasteiger partial charge in [0.2, 0.25) is 0 Å². The molecule has 1 saturated heterocycles. The van der Waals surface area contributed by atoms with Crippen LogP contribution in [0.4, 0.5) is 5.82 Å². The van der Waals surface area contributed by atoms with E-state index < -0.39 is 0 Å². The topological polar surface area (TPSA) is 34.2 Å². The summed E-state index contributed by atoms with van der Waals surface area (Å²) in [6.07, 6.45) is 2.61. The van der Waals surface area contributed by atoms with E-state index in [0.29, 0.717) is 16.6 Å². The quantitative estimate of drug-likeness (QED) is 0.870. The fourth-order valence-electron chi connectivity index (χ4n) is 1.64. The minimum Gasteiger partial charge on any atom is -0.376 e. The summed E-state index contributed by atoms with van der Waals surface area (Å²) in [4.78, 5) is 4.14. The highest BCUT2D eigenvalue weighted by molar-refractivity contribution is 7.14. The van der Waals surface area contributed by atoms with Gasteiger partial charge in [-0.3, -0.25) is 0 Å². The van der Waals surface area contributed by atoms with Crippen LogP contribution in [0.5, 0.6) is 0 Å². The molecule has 1 fully saturated rings. The van der Waals surface area contributed by atoms with Crippen molar-refractivity contribution in [1.29, 1.82) is 0 Å². The van der Waals surface area contributed by atoms with Gasteiger partial charge in [-0.25, -0.2) is 4.98 Å². The van der Waals surface area contributed by atoms with E-state index >= 15 is 0 Å². The van der Waals surface area contributed by atoms with Crippen LogP contribution in [0.15, 0.2) is 5.38 Å². The summed E-state index contributed by atoms with van der Waals surface area (Å²) in [6, 6.07) is 0.302. The van der Waals surface area contributed by atoms with Crippen LogP contribution in [0.1, 0.15) is 19.8 Å². The third-order valence-corrected chi connectivity index (χ3v) is 3.35. The van der Waals surface area contributed by atoms with Crippen LogP contribution in [-0.4, -0.2) is 23.7 Å². The van der Waals surface area contributed by atoms with Gasteiger partial charge < -0.3 is 10.1 Å². The Hall–Kier alpha value is -0.320. The first kappa shape index (κ1) is 10.2. The lowest BCUT2D eigenvalue weighted by Gasteiger charge is -2.19. The van der Waals surface area contributed by atoms with E-state index in [0.717, 1.165) is 25.3 Å². The van der Waals surface area contributed by atoms with Crippen LogP contribution in [0, 0.1) is 0 Å². The summed E-state index contributed by atoms with van der Waals surface area (Å²) in [7, 11) is 0. The smallest absolute Gasteiger partial charge is 0.185 e. The van der Waals surface area contributed by atoms with Gasteiger partial charge in [0.1, 0.15) is 5.82 Å². The highest BCUT2D eigenvalue weighted by Gasteiger charge is 2.22. The first-order chi connectivity index (χ1) is 6.75. The van der Waals surface area contributed by atoms with Crippen molar-refractivity contribution in [1.82, 2.24) is 4.98 Å². The maximum absolute atomic E-state index is 5.74. The average Bonchev–Trinajstić information content (AvgIpc) is 2.75. The maximum Gasteiger partial charge on any atom is 0.185 e. The molecule has 1 aromatic rings. The van der Waals surface area contributed by atoms with Gasteiger partial charge in [0.05, 0.1) is 12.1 Å². The molecule has 0 amide bonds. The minimum absolute atomic E-state index is 0.302. The van der Waals surface area contributed by atoms with Crippen LogP contribution >= 0.6 is 22.9 Å². The van der Waals surface area contributed by atoms with Gasteiger partial charge in [0.15, 0.2) is 4.47 Å². The Labute approximate surface area is 92.4 Å². The van der Waals surface area contributed by atoms with Gasteiger partial charge in [-0.05, 0) is 19.8 Å². The summed E-state index contributed by atoms with van der Waals surface area (Å²) in [5.74, 6) is 0.850. The number of nitrogens with one attached hydrogen (secondary N) is 1. The van der Waals surface area contributed by atoms with E-state index in [1.165, 1.54) is 11.3 Å². The van der Waals surface area contributed by atoms with E-state index in [4.69, 9.17) is 16.3 Å². The predicted molar refractivity (Wildman–Crippen MR) is 59.2 cm³/mol. The molecular formula is C9H13ClN2OS. The van der Waals surface area contributed by atoms with Crippen molar-refractivity contribution in [3.8, 4) is 0 Å². The van der Waals surface area contributed by atoms with Crippen molar-refractivity contribution in [3.05, 3.63) is 9.85 Å². The van der Waals surface area contributed by atoms with Crippen molar-refractivity contribution >= 4 is 28.8 Å². The van der Waals surface area contributed by atoms with E-state index in [9.17, 15) is 0 Å². The van der Waals surface area contributed by atoms with Gasteiger partial charge in [-0.1, -0.05) is 11.6 Å². The van der Waals surface area contributed by atoms with E-state index in [1.54, 1.807) is 0 Å². The Bertz CT molecular complexity index is 299. The number of rotatable bonds is 3. The molecule has 0 aliphatic carbocycles. The van der Waals surface area contributed by atoms with Crippen molar-refractivity contribution < 1.29 is 4.74 Å². The molecule has 3 nitrogen and oxygen atoms in total. The van der Waals surface area contributed by atoms with Crippen LogP contribution in [0.2, 0.25) is 4.47 Å². The molecule has 1 aliphatic rings. The first-order valence-corrected chi connectivity index (χ1v) is 6.00. The standard InChI is InChI=1S/C9H13ClN2OS/c1-6(7-3-2-4-13-7)11-8-5-14-9(10)12-8/h5-7,11H,2-4H2,1H3. The van der Waals surface area contributed by atoms with Crippen LogP contribution in [0.25, 0.3) is 0 Å². The van der Waals surface area contributed by atoms with Gasteiger partial charge >= 0.3 is 0 Å². The predicted octanol–water partition coefficient (Wildman–Crippen LogP) is 2.78. The fourth-order valence-corrected chi connectivity index (χ4v) is 2.35. The van der Waals surface area contributed by atoms with Crippen molar-refractivity contribution in [2.24, 2.45) is 0 Å². The number of nitrogens with zero attached hydrogens (tertiary/aromatic N) is 1. The normalized spacial score (nSPS) is 23.7. The number of halogens is 1. The second-order valence-electron chi connectivity index (χ2n) is 3.47. The minimum atomic E-state index is 0.302. The van der Waals surface area contributed by atoms with Crippen LogP contribution in [-0.2, 0) is 4.74 Å². The van der Waals surface area contributed by atoms with Crippen LogP contribution in [0.3, 0.4) is 0 Å². The summed E-state index contributed by atoms with van der Waals surface area (Å²) in [5, 5.41) is 5.22. The zero-order valence-corrected chi connectivity index (χ0v) is 9.57. The number of ether oxygens (including phenoxy) is 1. The molecule has 5 heteroatoms. The lowest BCUT2D eigenvalue weighted by atomic mass is 10.1. The molecule has 1 N–H and O–H groups in total. The lowest BCUT2D eigenvalue weighted by Crippen LogP contribution is -2.30. The third kappa shape index (κ3) is 2.38. The number of hydrogen-bond donors (Lipinski definition) is 1. The van der Waals surface area contributed by atoms with E-state index in [-0.39, 0.29) is 0 Å². The van der Waals surface area contributed by atoms with Crippen molar-refractivity contribution in [2.75, 3.05) is 11.9 Å². The van der Waals surface area contributed by atoms with E-state index in [2.05, 4.69) is 17.2 Å². The molecule has 0 aromatic carbocycles.